The van der Waals surface area contributed by atoms with Crippen molar-refractivity contribution in [3.63, 3.8) is 0 Å². The van der Waals surface area contributed by atoms with Gasteiger partial charge in [-0.2, -0.15) is 0 Å². The summed E-state index contributed by atoms with van der Waals surface area (Å²) in [5, 5.41) is 16.1. The van der Waals surface area contributed by atoms with E-state index in [0.717, 1.165) is 50.5 Å². The number of carboxylic acid groups (broad SMARTS) is 2. The number of pyridine rings is 1. The monoisotopic (exact) mass is 529 g/mol. The van der Waals surface area contributed by atoms with Crippen molar-refractivity contribution in [3.05, 3.63) is 59.4 Å². The predicted molar refractivity (Wildman–Crippen MR) is 156 cm³/mol. The lowest BCUT2D eigenvalue weighted by molar-refractivity contribution is -0.122. The van der Waals surface area contributed by atoms with Crippen LogP contribution >= 0.6 is 0 Å². The minimum absolute atomic E-state index is 0.242. The fourth-order valence-corrected chi connectivity index (χ4v) is 3.72. The molecule has 1 aliphatic heterocycles. The third kappa shape index (κ3) is 13.4. The molecule has 212 valence electrons. The molecule has 0 radical (unpaired) electrons. The lowest BCUT2D eigenvalue weighted by Gasteiger charge is -2.42. The predicted octanol–water partition coefficient (Wildman–Crippen LogP) is 5.89. The first-order valence-electron chi connectivity index (χ1n) is 13.4. The van der Waals surface area contributed by atoms with E-state index < -0.39 is 5.97 Å². The number of ether oxygens (including phenoxy) is 1. The summed E-state index contributed by atoms with van der Waals surface area (Å²) in [6.45, 7) is 20.9. The van der Waals surface area contributed by atoms with Crippen LogP contribution in [-0.2, 0) is 4.79 Å². The molecule has 1 fully saturated rings. The van der Waals surface area contributed by atoms with Gasteiger partial charge >= 0.3 is 5.97 Å². The maximum absolute atomic E-state index is 11.3. The number of aromatic carboxylic acids is 1. The zero-order chi connectivity index (χ0) is 29.0. The maximum atomic E-state index is 11.3. The van der Waals surface area contributed by atoms with Gasteiger partial charge < -0.3 is 19.8 Å². The molecule has 1 aromatic heterocycles. The summed E-state index contributed by atoms with van der Waals surface area (Å²) in [7, 11) is 0. The van der Waals surface area contributed by atoms with Crippen molar-refractivity contribution in [2.45, 2.75) is 60.4 Å². The molecule has 0 unspecified atom stereocenters. The van der Waals surface area contributed by atoms with Crippen molar-refractivity contribution in [2.75, 3.05) is 39.3 Å². The van der Waals surface area contributed by atoms with Gasteiger partial charge in [0.05, 0.1) is 12.2 Å². The molecule has 0 amide bonds. The standard InChI is InChI=1S/C25H33N3O3.2C2H6.CH2O2/c1-25(2,3)28-16-14-27(15-17-28)13-4-18-31-22-9-6-20(7-10-22)5-8-21-19-26-12-11-23(21)24(29)30;2*1-2;2-1-3/h5-12,19H,4,13-18H2,1-3H3,(H,29,30);2*1-2H3;1H,(H,2,3)/b8-5+;;;. The zero-order valence-electron chi connectivity index (χ0n) is 24.2. The maximum Gasteiger partial charge on any atom is 0.336 e. The molecule has 0 bridgehead atoms. The third-order valence-corrected chi connectivity index (χ3v) is 5.63. The van der Waals surface area contributed by atoms with Crippen LogP contribution in [0.3, 0.4) is 0 Å². The first-order valence-corrected chi connectivity index (χ1v) is 13.4. The van der Waals surface area contributed by atoms with Crippen LogP contribution in [0.15, 0.2) is 42.7 Å². The number of piperazine rings is 1. The Hall–Kier alpha value is -3.23. The SMILES string of the molecule is CC.CC.CC(C)(C)N1CCN(CCCOc2ccc(/C=C/c3cnccc3C(=O)O)cc2)CC1.O=CO. The number of hydrogen-bond donors (Lipinski definition) is 2. The van der Waals surface area contributed by atoms with E-state index in [1.54, 1.807) is 12.3 Å². The second kappa shape index (κ2) is 19.8. The van der Waals surface area contributed by atoms with E-state index in [4.69, 9.17) is 14.6 Å². The Morgan fingerprint density at radius 3 is 2.11 bits per heavy atom. The van der Waals surface area contributed by atoms with Gasteiger partial charge in [0.2, 0.25) is 0 Å². The van der Waals surface area contributed by atoms with Crippen molar-refractivity contribution >= 4 is 24.6 Å². The number of carbonyl (C=O) groups is 2. The highest BCUT2D eigenvalue weighted by atomic mass is 16.5. The van der Waals surface area contributed by atoms with Gasteiger partial charge in [-0.05, 0) is 51.0 Å². The van der Waals surface area contributed by atoms with E-state index in [9.17, 15) is 9.90 Å². The number of nitrogens with zero attached hydrogens (tertiary/aromatic N) is 3. The second-order valence-electron chi connectivity index (χ2n) is 8.98. The molecule has 1 aliphatic rings. The van der Waals surface area contributed by atoms with E-state index >= 15 is 0 Å². The van der Waals surface area contributed by atoms with Gasteiger partial charge in [-0.1, -0.05) is 52.0 Å². The lowest BCUT2D eigenvalue weighted by atomic mass is 10.0. The van der Waals surface area contributed by atoms with Crippen LogP contribution in [0.25, 0.3) is 12.2 Å². The Morgan fingerprint density at radius 1 is 1.00 bits per heavy atom. The Kier molecular flexibility index (Phi) is 18.1. The number of rotatable bonds is 8. The highest BCUT2D eigenvalue weighted by molar-refractivity contribution is 5.93. The number of carboxylic acids is 1. The molecule has 2 heterocycles. The first-order chi connectivity index (χ1) is 18.2. The van der Waals surface area contributed by atoms with Gasteiger partial charge in [-0.25, -0.2) is 4.79 Å². The Balaban J connectivity index is 0.00000179. The van der Waals surface area contributed by atoms with Gasteiger partial charge in [-0.15, -0.1) is 0 Å². The van der Waals surface area contributed by atoms with Crippen LogP contribution in [0.5, 0.6) is 5.75 Å². The summed E-state index contributed by atoms with van der Waals surface area (Å²) >= 11 is 0. The molecule has 1 aromatic carbocycles. The highest BCUT2D eigenvalue weighted by Gasteiger charge is 2.25. The molecule has 0 spiro atoms. The molecule has 8 nitrogen and oxygen atoms in total. The molecule has 8 heteroatoms. The van der Waals surface area contributed by atoms with Crippen LogP contribution in [0, 0.1) is 0 Å². The summed E-state index contributed by atoms with van der Waals surface area (Å²) in [4.78, 5) is 28.7. The van der Waals surface area contributed by atoms with E-state index in [0.29, 0.717) is 12.2 Å². The normalized spacial score (nSPS) is 13.7. The Morgan fingerprint density at radius 2 is 1.58 bits per heavy atom. The number of aromatic nitrogens is 1. The van der Waals surface area contributed by atoms with Crippen LogP contribution in [-0.4, -0.2) is 82.3 Å². The lowest BCUT2D eigenvalue weighted by Crippen LogP contribution is -2.53. The smallest absolute Gasteiger partial charge is 0.336 e. The zero-order valence-corrected chi connectivity index (χ0v) is 24.2. The van der Waals surface area contributed by atoms with E-state index in [1.807, 2.05) is 58.0 Å². The molecular formula is C30H47N3O5. The molecule has 0 atom stereocenters. The van der Waals surface area contributed by atoms with E-state index in [1.165, 1.54) is 12.3 Å². The average Bonchev–Trinajstić information content (AvgIpc) is 2.93. The van der Waals surface area contributed by atoms with Crippen LogP contribution in [0.4, 0.5) is 0 Å². The highest BCUT2D eigenvalue weighted by Crippen LogP contribution is 2.17. The minimum Gasteiger partial charge on any atom is -0.494 e. The third-order valence-electron chi connectivity index (χ3n) is 5.63. The summed E-state index contributed by atoms with van der Waals surface area (Å²) in [5.74, 6) is -0.107. The summed E-state index contributed by atoms with van der Waals surface area (Å²) < 4.78 is 5.89. The molecule has 0 saturated carbocycles. The van der Waals surface area contributed by atoms with E-state index in [2.05, 4.69) is 35.6 Å². The van der Waals surface area contributed by atoms with Crippen molar-refractivity contribution in [2.24, 2.45) is 0 Å². The first kappa shape index (κ1) is 34.8. The summed E-state index contributed by atoms with van der Waals surface area (Å²) in [6.07, 6.45) is 7.70. The number of benzene rings is 1. The van der Waals surface area contributed by atoms with Crippen LogP contribution in [0.2, 0.25) is 0 Å². The van der Waals surface area contributed by atoms with E-state index in [-0.39, 0.29) is 17.6 Å². The quantitative estimate of drug-likeness (QED) is 0.322. The van der Waals surface area contributed by atoms with Gasteiger partial charge in [0.25, 0.3) is 6.47 Å². The van der Waals surface area contributed by atoms with Crippen molar-refractivity contribution < 1.29 is 24.5 Å². The van der Waals surface area contributed by atoms with Gasteiger partial charge in [0.15, 0.2) is 0 Å². The molecule has 2 N–H and O–H groups in total. The summed E-state index contributed by atoms with van der Waals surface area (Å²) in [6, 6.07) is 9.33. The molecule has 0 aliphatic carbocycles. The Labute approximate surface area is 229 Å². The van der Waals surface area contributed by atoms with Gasteiger partial charge in [0.1, 0.15) is 5.75 Å². The minimum atomic E-state index is -0.957. The fraction of sp³-hybridized carbons (Fsp3) is 0.500. The van der Waals surface area contributed by atoms with Gasteiger partial charge in [0, 0.05) is 56.2 Å². The fourth-order valence-electron chi connectivity index (χ4n) is 3.72. The summed E-state index contributed by atoms with van der Waals surface area (Å²) in [5.41, 5.74) is 2.06. The van der Waals surface area contributed by atoms with Crippen molar-refractivity contribution in [3.8, 4) is 5.75 Å². The second-order valence-corrected chi connectivity index (χ2v) is 8.98. The van der Waals surface area contributed by atoms with Gasteiger partial charge in [-0.3, -0.25) is 14.7 Å². The van der Waals surface area contributed by atoms with Crippen LogP contribution in [0.1, 0.15) is 76.4 Å². The largest absolute Gasteiger partial charge is 0.494 e. The van der Waals surface area contributed by atoms with Crippen molar-refractivity contribution in [1.82, 2.24) is 14.8 Å². The molecule has 1 saturated heterocycles. The van der Waals surface area contributed by atoms with Crippen molar-refractivity contribution in [1.29, 1.82) is 0 Å². The average molecular weight is 530 g/mol. The number of hydrogen-bond acceptors (Lipinski definition) is 6. The Bertz CT molecular complexity index is 932. The molecule has 2 aromatic rings. The molecular weight excluding hydrogens is 482 g/mol. The molecule has 3 rings (SSSR count). The van der Waals surface area contributed by atoms with Crippen LogP contribution < -0.4 is 4.74 Å². The topological polar surface area (TPSA) is 103 Å². The molecule has 38 heavy (non-hydrogen) atoms.